The maximum absolute atomic E-state index is 11.9. The number of hydrogen-bond acceptors (Lipinski definition) is 1. The lowest BCUT2D eigenvalue weighted by molar-refractivity contribution is 0.101. The third kappa shape index (κ3) is 2.12. The summed E-state index contributed by atoms with van der Waals surface area (Å²) < 4.78 is 0. The molecule has 0 N–H and O–H groups in total. The zero-order valence-electron chi connectivity index (χ0n) is 14.0. The second-order valence-electron chi connectivity index (χ2n) is 7.32. The molecule has 2 rings (SSSR count). The van der Waals surface area contributed by atoms with Gasteiger partial charge in [0.2, 0.25) is 0 Å². The SMILES string of the molecule is CCC1C(C(C)C)c2cc(C(C)=O)c(C)cc2C1(C)C. The molecule has 0 aliphatic heterocycles. The molecule has 0 fully saturated rings. The van der Waals surface area contributed by atoms with Crippen molar-refractivity contribution in [2.24, 2.45) is 11.8 Å². The summed E-state index contributed by atoms with van der Waals surface area (Å²) in [4.78, 5) is 11.9. The van der Waals surface area contributed by atoms with E-state index >= 15 is 0 Å². The molecule has 2 unspecified atom stereocenters. The number of Topliss-reactive ketones (excluding diaryl/α,β-unsaturated/α-hetero) is 1. The smallest absolute Gasteiger partial charge is 0.160 e. The predicted molar refractivity (Wildman–Crippen MR) is 85.6 cm³/mol. The Morgan fingerprint density at radius 2 is 1.90 bits per heavy atom. The van der Waals surface area contributed by atoms with Gasteiger partial charge in [0.05, 0.1) is 0 Å². The van der Waals surface area contributed by atoms with Crippen molar-refractivity contribution in [3.05, 3.63) is 34.4 Å². The Bertz CT molecular complexity index is 537. The van der Waals surface area contributed by atoms with Crippen LogP contribution in [0.15, 0.2) is 12.1 Å². The fraction of sp³-hybridized carbons (Fsp3) is 0.632. The minimum atomic E-state index is 0.186. The fourth-order valence-electron chi connectivity index (χ4n) is 4.39. The molecule has 20 heavy (non-hydrogen) atoms. The van der Waals surface area contributed by atoms with E-state index in [-0.39, 0.29) is 11.2 Å². The van der Waals surface area contributed by atoms with Crippen LogP contribution in [0.25, 0.3) is 0 Å². The van der Waals surface area contributed by atoms with Crippen LogP contribution in [0.5, 0.6) is 0 Å². The number of ketones is 1. The van der Waals surface area contributed by atoms with E-state index in [2.05, 4.69) is 53.7 Å². The van der Waals surface area contributed by atoms with Gasteiger partial charge < -0.3 is 0 Å². The third-order valence-corrected chi connectivity index (χ3v) is 5.35. The quantitative estimate of drug-likeness (QED) is 0.686. The summed E-state index contributed by atoms with van der Waals surface area (Å²) in [5.41, 5.74) is 5.13. The van der Waals surface area contributed by atoms with Gasteiger partial charge in [0.15, 0.2) is 5.78 Å². The Kier molecular flexibility index (Phi) is 3.83. The van der Waals surface area contributed by atoms with Gasteiger partial charge in [-0.2, -0.15) is 0 Å². The van der Waals surface area contributed by atoms with Crippen LogP contribution < -0.4 is 0 Å². The molecule has 0 radical (unpaired) electrons. The number of benzene rings is 1. The van der Waals surface area contributed by atoms with Gasteiger partial charge in [-0.25, -0.2) is 0 Å². The van der Waals surface area contributed by atoms with Gasteiger partial charge in [0.1, 0.15) is 0 Å². The largest absolute Gasteiger partial charge is 0.295 e. The minimum absolute atomic E-state index is 0.186. The molecule has 1 aromatic carbocycles. The molecular formula is C19H28O. The van der Waals surface area contributed by atoms with E-state index in [4.69, 9.17) is 0 Å². The van der Waals surface area contributed by atoms with Crippen LogP contribution >= 0.6 is 0 Å². The average molecular weight is 272 g/mol. The average Bonchev–Trinajstić information content (AvgIpc) is 2.56. The third-order valence-electron chi connectivity index (χ3n) is 5.35. The van der Waals surface area contributed by atoms with E-state index in [1.54, 1.807) is 6.92 Å². The zero-order valence-corrected chi connectivity index (χ0v) is 14.0. The fourth-order valence-corrected chi connectivity index (χ4v) is 4.39. The molecule has 1 heteroatoms. The first-order valence-corrected chi connectivity index (χ1v) is 7.87. The summed E-state index contributed by atoms with van der Waals surface area (Å²) in [6, 6.07) is 4.46. The van der Waals surface area contributed by atoms with Crippen LogP contribution in [0.2, 0.25) is 0 Å². The van der Waals surface area contributed by atoms with Crippen molar-refractivity contribution < 1.29 is 4.79 Å². The normalized spacial score (nSPS) is 24.0. The molecule has 0 bridgehead atoms. The molecule has 0 aromatic heterocycles. The van der Waals surface area contributed by atoms with Gasteiger partial charge in [-0.1, -0.05) is 47.1 Å². The van der Waals surface area contributed by atoms with Crippen LogP contribution in [0, 0.1) is 18.8 Å². The highest BCUT2D eigenvalue weighted by molar-refractivity contribution is 5.96. The second-order valence-corrected chi connectivity index (χ2v) is 7.32. The van der Waals surface area contributed by atoms with Gasteiger partial charge in [-0.3, -0.25) is 4.79 Å². The number of carbonyl (C=O) groups excluding carboxylic acids is 1. The molecule has 1 aliphatic rings. The number of carbonyl (C=O) groups is 1. The van der Waals surface area contributed by atoms with Crippen molar-refractivity contribution in [3.8, 4) is 0 Å². The highest BCUT2D eigenvalue weighted by Gasteiger charge is 2.46. The number of rotatable bonds is 3. The molecule has 0 spiro atoms. The topological polar surface area (TPSA) is 17.1 Å². The summed E-state index contributed by atoms with van der Waals surface area (Å²) in [7, 11) is 0. The predicted octanol–water partition coefficient (Wildman–Crippen LogP) is 5.25. The summed E-state index contributed by atoms with van der Waals surface area (Å²) >= 11 is 0. The Labute approximate surface area is 123 Å². The maximum atomic E-state index is 11.9. The molecule has 0 heterocycles. The molecule has 0 saturated heterocycles. The first-order chi connectivity index (χ1) is 9.21. The Hall–Kier alpha value is -1.11. The monoisotopic (exact) mass is 272 g/mol. The summed E-state index contributed by atoms with van der Waals surface area (Å²) in [6.07, 6.45) is 1.19. The van der Waals surface area contributed by atoms with Crippen LogP contribution in [0.4, 0.5) is 0 Å². The van der Waals surface area contributed by atoms with Gasteiger partial charge in [0, 0.05) is 5.56 Å². The standard InChI is InChI=1S/C19H28O/c1-8-16-18(11(2)3)15-10-14(13(5)20)12(4)9-17(15)19(16,6)7/h9-11,16,18H,8H2,1-7H3. The zero-order chi connectivity index (χ0) is 15.2. The summed E-state index contributed by atoms with van der Waals surface area (Å²) in [5.74, 6) is 2.04. The molecule has 1 aromatic rings. The van der Waals surface area contributed by atoms with Crippen molar-refractivity contribution in [1.29, 1.82) is 0 Å². The lowest BCUT2D eigenvalue weighted by atomic mass is 9.72. The van der Waals surface area contributed by atoms with Crippen molar-refractivity contribution in [3.63, 3.8) is 0 Å². The molecule has 1 nitrogen and oxygen atoms in total. The molecule has 0 saturated carbocycles. The Morgan fingerprint density at radius 1 is 1.30 bits per heavy atom. The molecule has 2 atom stereocenters. The van der Waals surface area contributed by atoms with Gasteiger partial charge in [-0.05, 0) is 59.8 Å². The molecule has 0 amide bonds. The van der Waals surface area contributed by atoms with Crippen molar-refractivity contribution in [2.75, 3.05) is 0 Å². The van der Waals surface area contributed by atoms with Crippen LogP contribution in [0.3, 0.4) is 0 Å². The lowest BCUT2D eigenvalue weighted by Gasteiger charge is -2.32. The van der Waals surface area contributed by atoms with Crippen LogP contribution in [0.1, 0.15) is 80.9 Å². The highest BCUT2D eigenvalue weighted by atomic mass is 16.1. The first kappa shape index (κ1) is 15.3. The van der Waals surface area contributed by atoms with E-state index in [1.807, 2.05) is 0 Å². The van der Waals surface area contributed by atoms with Crippen LogP contribution in [-0.2, 0) is 5.41 Å². The van der Waals surface area contributed by atoms with Gasteiger partial charge in [-0.15, -0.1) is 0 Å². The molecular weight excluding hydrogens is 244 g/mol. The summed E-state index contributed by atoms with van der Waals surface area (Å²) in [6.45, 7) is 15.4. The van der Waals surface area contributed by atoms with E-state index in [0.29, 0.717) is 17.8 Å². The van der Waals surface area contributed by atoms with E-state index in [1.165, 1.54) is 17.5 Å². The minimum Gasteiger partial charge on any atom is -0.295 e. The lowest BCUT2D eigenvalue weighted by Crippen LogP contribution is -2.27. The first-order valence-electron chi connectivity index (χ1n) is 7.87. The van der Waals surface area contributed by atoms with E-state index in [0.717, 1.165) is 11.1 Å². The number of aryl methyl sites for hydroxylation is 1. The van der Waals surface area contributed by atoms with Crippen LogP contribution in [-0.4, -0.2) is 5.78 Å². The summed E-state index contributed by atoms with van der Waals surface area (Å²) in [5, 5.41) is 0. The molecule has 110 valence electrons. The van der Waals surface area contributed by atoms with E-state index in [9.17, 15) is 4.79 Å². The van der Waals surface area contributed by atoms with Crippen molar-refractivity contribution >= 4 is 5.78 Å². The number of hydrogen-bond donors (Lipinski definition) is 0. The van der Waals surface area contributed by atoms with Gasteiger partial charge >= 0.3 is 0 Å². The second kappa shape index (κ2) is 5.02. The van der Waals surface area contributed by atoms with Crippen molar-refractivity contribution in [1.82, 2.24) is 0 Å². The molecule has 1 aliphatic carbocycles. The Balaban J connectivity index is 2.70. The van der Waals surface area contributed by atoms with Crippen molar-refractivity contribution in [2.45, 2.75) is 66.2 Å². The van der Waals surface area contributed by atoms with Gasteiger partial charge in [0.25, 0.3) is 0 Å². The number of fused-ring (bicyclic) bond motifs is 1. The Morgan fingerprint density at radius 3 is 2.35 bits per heavy atom. The maximum Gasteiger partial charge on any atom is 0.160 e. The van der Waals surface area contributed by atoms with E-state index < -0.39 is 0 Å². The highest BCUT2D eigenvalue weighted by Crippen LogP contribution is 2.55.